The summed E-state index contributed by atoms with van der Waals surface area (Å²) in [5, 5.41) is 2.38. The van der Waals surface area contributed by atoms with Crippen LogP contribution in [0.4, 0.5) is 0 Å². The molecule has 0 saturated carbocycles. The Kier molecular flexibility index (Phi) is 4.11. The number of benzene rings is 2. The van der Waals surface area contributed by atoms with Crippen molar-refractivity contribution in [3.63, 3.8) is 0 Å². The average molecular weight is 305 g/mol. The van der Waals surface area contributed by atoms with Gasteiger partial charge in [-0.25, -0.2) is 0 Å². The summed E-state index contributed by atoms with van der Waals surface area (Å²) >= 11 is 23.7. The molecule has 0 spiro atoms. The number of hydrogen-bond donors (Lipinski definition) is 0. The van der Waals surface area contributed by atoms with Crippen LogP contribution >= 0.6 is 46.4 Å². The van der Waals surface area contributed by atoms with E-state index in [9.17, 15) is 0 Å². The van der Waals surface area contributed by atoms with Crippen LogP contribution in [0.1, 0.15) is 11.1 Å². The van der Waals surface area contributed by atoms with Crippen LogP contribution < -0.4 is 0 Å². The highest BCUT2D eigenvalue weighted by atomic mass is 35.5. The van der Waals surface area contributed by atoms with Gasteiger partial charge >= 0.3 is 0 Å². The minimum absolute atomic E-state index is 0.594. The van der Waals surface area contributed by atoms with E-state index in [0.717, 1.165) is 11.1 Å². The molecule has 0 N–H and O–H groups in total. The first kappa shape index (κ1) is 12.9. The average Bonchev–Trinajstić information content (AvgIpc) is 2.13. The van der Waals surface area contributed by atoms with E-state index in [1.807, 2.05) is 30.7 Å². The van der Waals surface area contributed by atoms with Crippen molar-refractivity contribution < 1.29 is 0 Å². The maximum atomic E-state index is 5.92. The van der Waals surface area contributed by atoms with Crippen molar-refractivity contribution in [2.45, 2.75) is 0 Å². The molecule has 2 rings (SSSR count). The van der Waals surface area contributed by atoms with Gasteiger partial charge in [0.25, 0.3) is 0 Å². The van der Waals surface area contributed by atoms with E-state index in [4.69, 9.17) is 46.4 Å². The Hall–Kier alpha value is -0.530. The zero-order chi connectivity index (χ0) is 12.4. The summed E-state index contributed by atoms with van der Waals surface area (Å²) in [4.78, 5) is 0. The molecule has 86 valence electrons. The third-order valence-electron chi connectivity index (χ3n) is 2.10. The van der Waals surface area contributed by atoms with Crippen LogP contribution in [-0.2, 0) is 0 Å². The molecule has 0 aliphatic heterocycles. The first-order valence-electron chi connectivity index (χ1n) is 4.80. The molecule has 0 fully saturated rings. The van der Waals surface area contributed by atoms with Crippen molar-refractivity contribution >= 4 is 46.4 Å². The molecule has 0 heterocycles. The summed E-state index contributed by atoms with van der Waals surface area (Å²) in [6.45, 7) is 0. The second kappa shape index (κ2) is 5.41. The fourth-order valence-corrected chi connectivity index (χ4v) is 2.60. The van der Waals surface area contributed by atoms with Gasteiger partial charge in [-0.15, -0.1) is 0 Å². The number of rotatable bonds is 2. The minimum Gasteiger partial charge on any atom is -0.0748 e. The SMILES string of the molecule is Clc1cc(Cl)cc([CH+]c2cc(Cl)cc(Cl)c2)c1. The molecule has 2 aromatic rings. The third-order valence-corrected chi connectivity index (χ3v) is 2.98. The zero-order valence-corrected chi connectivity index (χ0v) is 11.6. The summed E-state index contributed by atoms with van der Waals surface area (Å²) in [6, 6.07) is 10.7. The number of halogens is 4. The molecule has 0 nitrogen and oxygen atoms in total. The van der Waals surface area contributed by atoms with Crippen molar-refractivity contribution in [2.24, 2.45) is 0 Å². The summed E-state index contributed by atoms with van der Waals surface area (Å²) < 4.78 is 0. The molecule has 2 aromatic carbocycles. The van der Waals surface area contributed by atoms with Gasteiger partial charge in [-0.05, 0) is 12.1 Å². The Balaban J connectivity index is 2.31. The van der Waals surface area contributed by atoms with Crippen LogP contribution in [0.2, 0.25) is 20.1 Å². The highest BCUT2D eigenvalue weighted by Crippen LogP contribution is 2.25. The largest absolute Gasteiger partial charge is 0.0768 e. The van der Waals surface area contributed by atoms with Gasteiger partial charge in [-0.1, -0.05) is 46.4 Å². The maximum absolute atomic E-state index is 5.92. The molecule has 0 unspecified atom stereocenters. The van der Waals surface area contributed by atoms with Gasteiger partial charge in [0.1, 0.15) is 0 Å². The normalized spacial score (nSPS) is 10.4. The Bertz CT molecular complexity index is 459. The van der Waals surface area contributed by atoms with Gasteiger partial charge in [0.2, 0.25) is 0 Å². The van der Waals surface area contributed by atoms with Crippen LogP contribution in [0.15, 0.2) is 36.4 Å². The van der Waals surface area contributed by atoms with E-state index in [0.29, 0.717) is 20.1 Å². The minimum atomic E-state index is 0.594. The standard InChI is InChI=1S/C13H7Cl4/c14-10-2-8(3-11(15)6-10)1-9-4-12(16)7-13(17)5-9/h1-7H/q+1. The van der Waals surface area contributed by atoms with Crippen molar-refractivity contribution in [3.05, 3.63) is 74.0 Å². The first-order valence-corrected chi connectivity index (χ1v) is 6.31. The third kappa shape index (κ3) is 3.72. The molecular weight excluding hydrogens is 298 g/mol. The van der Waals surface area contributed by atoms with E-state index >= 15 is 0 Å². The monoisotopic (exact) mass is 303 g/mol. The Morgan fingerprint density at radius 1 is 0.529 bits per heavy atom. The molecule has 4 heteroatoms. The highest BCUT2D eigenvalue weighted by molar-refractivity contribution is 6.35. The van der Waals surface area contributed by atoms with E-state index in [2.05, 4.69) is 0 Å². The molecule has 0 bridgehead atoms. The summed E-state index contributed by atoms with van der Waals surface area (Å²) in [6.07, 6.45) is 1.91. The first-order chi connectivity index (χ1) is 8.02. The fourth-order valence-electron chi connectivity index (χ4n) is 1.51. The van der Waals surface area contributed by atoms with Crippen LogP contribution in [0.3, 0.4) is 0 Å². The van der Waals surface area contributed by atoms with Gasteiger partial charge in [0, 0.05) is 30.7 Å². The predicted octanol–water partition coefficient (Wildman–Crippen LogP) is 5.90. The molecule has 0 amide bonds. The van der Waals surface area contributed by atoms with E-state index in [1.165, 1.54) is 0 Å². The fraction of sp³-hybridized carbons (Fsp3) is 0. The second-order valence-corrected chi connectivity index (χ2v) is 5.30. The van der Waals surface area contributed by atoms with Crippen molar-refractivity contribution in [1.82, 2.24) is 0 Å². The summed E-state index contributed by atoms with van der Waals surface area (Å²) in [5.74, 6) is 0. The van der Waals surface area contributed by atoms with E-state index < -0.39 is 0 Å². The van der Waals surface area contributed by atoms with Gasteiger partial charge in [-0.3, -0.25) is 0 Å². The molecule has 0 atom stereocenters. The molecule has 0 aliphatic carbocycles. The van der Waals surface area contributed by atoms with Crippen molar-refractivity contribution in [3.8, 4) is 0 Å². The smallest absolute Gasteiger partial charge is 0.0748 e. The van der Waals surface area contributed by atoms with Gasteiger partial charge in [-0.2, -0.15) is 0 Å². The van der Waals surface area contributed by atoms with Crippen LogP contribution in [0, 0.1) is 6.42 Å². The lowest BCUT2D eigenvalue weighted by Gasteiger charge is -1.99. The number of hydrogen-bond acceptors (Lipinski definition) is 0. The van der Waals surface area contributed by atoms with Crippen molar-refractivity contribution in [1.29, 1.82) is 0 Å². The molecular formula is C13H7Cl4+. The van der Waals surface area contributed by atoms with Crippen LogP contribution in [0.25, 0.3) is 0 Å². The molecule has 0 aliphatic rings. The highest BCUT2D eigenvalue weighted by Gasteiger charge is 2.09. The van der Waals surface area contributed by atoms with E-state index in [-0.39, 0.29) is 0 Å². The van der Waals surface area contributed by atoms with Gasteiger partial charge in [0.05, 0.1) is 31.2 Å². The lowest BCUT2D eigenvalue weighted by Crippen LogP contribution is -1.86. The molecule has 17 heavy (non-hydrogen) atoms. The van der Waals surface area contributed by atoms with Gasteiger partial charge in [0.15, 0.2) is 0 Å². The Morgan fingerprint density at radius 2 is 0.824 bits per heavy atom. The second-order valence-electron chi connectivity index (χ2n) is 3.55. The van der Waals surface area contributed by atoms with Crippen molar-refractivity contribution in [2.75, 3.05) is 0 Å². The molecule has 0 saturated heterocycles. The lowest BCUT2D eigenvalue weighted by molar-refractivity contribution is 1.43. The molecule has 0 radical (unpaired) electrons. The van der Waals surface area contributed by atoms with Crippen LogP contribution in [-0.4, -0.2) is 0 Å². The zero-order valence-electron chi connectivity index (χ0n) is 8.55. The Labute approximate surface area is 120 Å². The van der Waals surface area contributed by atoms with E-state index in [1.54, 1.807) is 12.1 Å². The van der Waals surface area contributed by atoms with Gasteiger partial charge < -0.3 is 0 Å². The predicted molar refractivity (Wildman–Crippen MR) is 75.4 cm³/mol. The maximum Gasteiger partial charge on any atom is 0.0768 e. The summed E-state index contributed by atoms with van der Waals surface area (Å²) in [7, 11) is 0. The Morgan fingerprint density at radius 3 is 1.12 bits per heavy atom. The summed E-state index contributed by atoms with van der Waals surface area (Å²) in [5.41, 5.74) is 1.81. The quantitative estimate of drug-likeness (QED) is 0.606. The molecule has 0 aromatic heterocycles. The lowest BCUT2D eigenvalue weighted by atomic mass is 10.1. The van der Waals surface area contributed by atoms with Crippen LogP contribution in [0.5, 0.6) is 0 Å². The topological polar surface area (TPSA) is 0 Å².